The Morgan fingerprint density at radius 1 is 1.00 bits per heavy atom. The molecule has 2 aromatic rings. The minimum absolute atomic E-state index is 0.0568. The molecule has 2 aliphatic carbocycles. The second-order valence-corrected chi connectivity index (χ2v) is 9.45. The van der Waals surface area contributed by atoms with Gasteiger partial charge in [-0.1, -0.05) is 12.1 Å². The Kier molecular flexibility index (Phi) is 9.81. The average Bonchev–Trinajstić information content (AvgIpc) is 2.96. The van der Waals surface area contributed by atoms with E-state index in [9.17, 15) is 24.6 Å². The van der Waals surface area contributed by atoms with Crippen LogP contribution in [0.4, 0.5) is 0 Å². The highest BCUT2D eigenvalue weighted by Gasteiger charge is 2.41. The van der Waals surface area contributed by atoms with E-state index in [2.05, 4.69) is 5.73 Å². The SMILES string of the molecule is CN.COc1cccc2c1C(=O)c1c(O)c3c(c(O)c1C2=O)CC(C(=O)CO)CC3.C[C@@H]1OC(O)CCC1O. The minimum atomic E-state index is -0.664. The molecule has 0 aromatic heterocycles. The Hall–Kier alpha value is -3.35. The zero-order valence-electron chi connectivity index (χ0n) is 22.1. The van der Waals surface area contributed by atoms with Crippen molar-refractivity contribution in [2.24, 2.45) is 11.7 Å². The summed E-state index contributed by atoms with van der Waals surface area (Å²) in [7, 11) is 2.88. The molecule has 0 spiro atoms. The number of fused-ring (bicyclic) bond motifs is 3. The molecule has 11 nitrogen and oxygen atoms in total. The summed E-state index contributed by atoms with van der Waals surface area (Å²) in [5, 5.41) is 48.7. The van der Waals surface area contributed by atoms with Crippen LogP contribution in [0.15, 0.2) is 18.2 Å². The molecule has 1 saturated heterocycles. The number of phenolic OH excluding ortho intramolecular Hbond substituents is 2. The number of aliphatic hydroxyl groups excluding tert-OH is 3. The first-order chi connectivity index (χ1) is 18.6. The van der Waals surface area contributed by atoms with E-state index in [1.807, 2.05) is 0 Å². The molecule has 1 aliphatic heterocycles. The predicted molar refractivity (Wildman–Crippen MR) is 139 cm³/mol. The third-order valence-corrected chi connectivity index (χ3v) is 7.26. The smallest absolute Gasteiger partial charge is 0.202 e. The number of aliphatic hydroxyl groups is 3. The van der Waals surface area contributed by atoms with E-state index < -0.39 is 36.5 Å². The molecule has 0 radical (unpaired) electrons. The van der Waals surface area contributed by atoms with Crippen molar-refractivity contribution in [3.63, 3.8) is 0 Å². The molecule has 0 amide bonds. The molecule has 1 fully saturated rings. The van der Waals surface area contributed by atoms with Crippen LogP contribution < -0.4 is 10.5 Å². The van der Waals surface area contributed by atoms with Gasteiger partial charge in [0.15, 0.2) is 17.9 Å². The highest BCUT2D eigenvalue weighted by Crippen LogP contribution is 2.47. The molecule has 39 heavy (non-hydrogen) atoms. The Morgan fingerprint density at radius 2 is 1.64 bits per heavy atom. The first-order valence-electron chi connectivity index (χ1n) is 12.7. The second-order valence-electron chi connectivity index (χ2n) is 9.45. The fourth-order valence-electron chi connectivity index (χ4n) is 5.17. The van der Waals surface area contributed by atoms with Crippen molar-refractivity contribution in [2.75, 3.05) is 20.8 Å². The topological polar surface area (TPSA) is 197 Å². The summed E-state index contributed by atoms with van der Waals surface area (Å²) in [5.74, 6) is -2.56. The molecule has 2 aromatic carbocycles. The lowest BCUT2D eigenvalue weighted by Gasteiger charge is -2.29. The maximum atomic E-state index is 13.1. The van der Waals surface area contributed by atoms with Crippen LogP contribution in [-0.4, -0.2) is 82.1 Å². The molecule has 3 unspecified atom stereocenters. The molecule has 4 atom stereocenters. The van der Waals surface area contributed by atoms with Crippen molar-refractivity contribution < 1.29 is 49.4 Å². The number of aromatic hydroxyl groups is 2. The first kappa shape index (κ1) is 30.2. The number of hydrogen-bond donors (Lipinski definition) is 6. The van der Waals surface area contributed by atoms with Gasteiger partial charge in [0.2, 0.25) is 5.78 Å². The maximum absolute atomic E-state index is 13.1. The van der Waals surface area contributed by atoms with Crippen molar-refractivity contribution >= 4 is 17.3 Å². The van der Waals surface area contributed by atoms with Crippen LogP contribution in [0.5, 0.6) is 17.2 Å². The van der Waals surface area contributed by atoms with Crippen molar-refractivity contribution in [3.8, 4) is 17.2 Å². The summed E-state index contributed by atoms with van der Waals surface area (Å²) in [6, 6.07) is 4.59. The van der Waals surface area contributed by atoms with Crippen molar-refractivity contribution in [3.05, 3.63) is 51.6 Å². The molecule has 5 rings (SSSR count). The molecule has 7 N–H and O–H groups in total. The van der Waals surface area contributed by atoms with Gasteiger partial charge in [0.1, 0.15) is 23.9 Å². The lowest BCUT2D eigenvalue weighted by atomic mass is 9.75. The highest BCUT2D eigenvalue weighted by molar-refractivity contribution is 6.31. The Morgan fingerprint density at radius 3 is 2.23 bits per heavy atom. The second kappa shape index (κ2) is 12.7. The number of benzene rings is 2. The molecular weight excluding hydrogens is 510 g/mol. The summed E-state index contributed by atoms with van der Waals surface area (Å²) in [4.78, 5) is 38.1. The highest BCUT2D eigenvalue weighted by atomic mass is 16.6. The number of ether oxygens (including phenoxy) is 2. The van der Waals surface area contributed by atoms with Crippen LogP contribution in [0.2, 0.25) is 0 Å². The van der Waals surface area contributed by atoms with Gasteiger partial charge in [0.05, 0.1) is 36.0 Å². The van der Waals surface area contributed by atoms with Gasteiger partial charge >= 0.3 is 0 Å². The molecule has 0 saturated carbocycles. The van der Waals surface area contributed by atoms with Crippen LogP contribution in [0.25, 0.3) is 0 Å². The molecule has 0 bridgehead atoms. The molecule has 1 heterocycles. The molecule has 212 valence electrons. The van der Waals surface area contributed by atoms with Gasteiger partial charge in [0.25, 0.3) is 0 Å². The molecular formula is C28H35NO10. The number of carbonyl (C=O) groups is 3. The maximum Gasteiger partial charge on any atom is 0.202 e. The fourth-order valence-corrected chi connectivity index (χ4v) is 5.17. The van der Waals surface area contributed by atoms with E-state index in [1.165, 1.54) is 20.2 Å². The Labute approximate surface area is 225 Å². The summed E-state index contributed by atoms with van der Waals surface area (Å²) in [6.45, 7) is 1.15. The number of hydrogen-bond acceptors (Lipinski definition) is 11. The summed E-state index contributed by atoms with van der Waals surface area (Å²) >= 11 is 0. The number of methoxy groups -OCH3 is 1. The van der Waals surface area contributed by atoms with Gasteiger partial charge in [-0.2, -0.15) is 0 Å². The quantitative estimate of drug-likeness (QED) is 0.257. The van der Waals surface area contributed by atoms with E-state index in [0.29, 0.717) is 24.8 Å². The number of rotatable bonds is 3. The standard InChI is InChI=1S/C21H18O7.C6H12O3.CH5N/c1-28-14-4-2-3-11-15(14)21(27)17-16(19(11)25)20(26)12-7-9(13(23)8-22)5-6-10(12)18(17)24;1-4-5(7)2-3-6(8)9-4;1-2/h2-4,9,22,24,26H,5-8H2,1H3;4-8H,2-3H2,1H3;2H2,1H3/t;4-,5?,6?;/m.0./s1. The third kappa shape index (κ3) is 5.68. The largest absolute Gasteiger partial charge is 0.507 e. The lowest BCUT2D eigenvalue weighted by molar-refractivity contribution is -0.192. The van der Waals surface area contributed by atoms with Gasteiger partial charge in [-0.3, -0.25) is 14.4 Å². The van der Waals surface area contributed by atoms with Crippen molar-refractivity contribution in [1.29, 1.82) is 0 Å². The van der Waals surface area contributed by atoms with Crippen molar-refractivity contribution in [1.82, 2.24) is 0 Å². The third-order valence-electron chi connectivity index (χ3n) is 7.26. The normalized spacial score (nSPS) is 23.2. The summed E-state index contributed by atoms with van der Waals surface area (Å²) in [6.07, 6.45) is 0.631. The van der Waals surface area contributed by atoms with Crippen molar-refractivity contribution in [2.45, 2.75) is 57.5 Å². The number of Topliss-reactive ketones (excluding diaryl/α,β-unsaturated/α-hetero) is 1. The summed E-state index contributed by atoms with van der Waals surface area (Å²) < 4.78 is 10.1. The Bertz CT molecular complexity index is 1260. The number of carbonyl (C=O) groups excluding carboxylic acids is 3. The predicted octanol–water partition coefficient (Wildman–Crippen LogP) is 0.988. The van der Waals surface area contributed by atoms with Gasteiger partial charge < -0.3 is 40.7 Å². The van der Waals surface area contributed by atoms with Crippen LogP contribution in [0.3, 0.4) is 0 Å². The van der Waals surface area contributed by atoms with E-state index >= 15 is 0 Å². The van der Waals surface area contributed by atoms with Gasteiger partial charge in [-0.05, 0) is 45.7 Å². The van der Waals surface area contributed by atoms with E-state index in [0.717, 1.165) is 0 Å². The van der Waals surface area contributed by atoms with E-state index in [-0.39, 0.29) is 69.8 Å². The first-order valence-corrected chi connectivity index (χ1v) is 12.7. The minimum Gasteiger partial charge on any atom is -0.507 e. The number of nitrogens with two attached hydrogens (primary N) is 1. The van der Waals surface area contributed by atoms with E-state index in [1.54, 1.807) is 19.1 Å². The zero-order chi connectivity index (χ0) is 29.0. The summed E-state index contributed by atoms with van der Waals surface area (Å²) in [5.41, 5.74) is 4.80. The van der Waals surface area contributed by atoms with Crippen LogP contribution in [0, 0.1) is 5.92 Å². The average molecular weight is 546 g/mol. The molecule has 3 aliphatic rings. The van der Waals surface area contributed by atoms with E-state index in [4.69, 9.17) is 24.8 Å². The molecule has 11 heteroatoms. The lowest BCUT2D eigenvalue weighted by Crippen LogP contribution is -2.36. The number of ketones is 3. The number of phenols is 2. The van der Waals surface area contributed by atoms with Crippen LogP contribution >= 0.6 is 0 Å². The monoisotopic (exact) mass is 545 g/mol. The van der Waals surface area contributed by atoms with Gasteiger partial charge in [-0.15, -0.1) is 0 Å². The zero-order valence-corrected chi connectivity index (χ0v) is 22.1. The van der Waals surface area contributed by atoms with Crippen LogP contribution in [0.1, 0.15) is 69.2 Å². The van der Waals surface area contributed by atoms with Gasteiger partial charge in [0, 0.05) is 29.0 Å². The van der Waals surface area contributed by atoms with Crippen LogP contribution in [-0.2, 0) is 22.4 Å². The fraction of sp³-hybridized carbons (Fsp3) is 0.464. The van der Waals surface area contributed by atoms with Gasteiger partial charge in [-0.25, -0.2) is 0 Å². The Balaban J connectivity index is 0.000000322.